The summed E-state index contributed by atoms with van der Waals surface area (Å²) in [6, 6.07) is 0. The van der Waals surface area contributed by atoms with Crippen molar-refractivity contribution in [1.29, 1.82) is 0 Å². The summed E-state index contributed by atoms with van der Waals surface area (Å²) in [7, 11) is -2.70. The molecule has 12 heteroatoms. The van der Waals surface area contributed by atoms with Gasteiger partial charge in [-0.2, -0.15) is 14.6 Å². The normalized spacial score (nSPS) is 12.5. The lowest BCUT2D eigenvalue weighted by Crippen LogP contribution is -2.21. The van der Waals surface area contributed by atoms with Crippen LogP contribution in [0.5, 0.6) is 0 Å². The van der Waals surface area contributed by atoms with Gasteiger partial charge in [-0.3, -0.25) is 19.3 Å². The monoisotopic (exact) mass is 331 g/mol. The fourth-order valence-corrected chi connectivity index (χ4v) is 1.98. The largest absolute Gasteiger partial charge is 0.599 e. The number of aromatic amines is 1. The summed E-state index contributed by atoms with van der Waals surface area (Å²) in [4.78, 5) is 46.8. The van der Waals surface area contributed by atoms with E-state index in [1.54, 1.807) is 6.92 Å². The first-order valence-electron chi connectivity index (χ1n) is 6.17. The maximum absolute atomic E-state index is 11.6. The van der Waals surface area contributed by atoms with E-state index in [9.17, 15) is 9.69 Å². The first kappa shape index (κ1) is 16.3. The molecule has 0 amide bonds. The molecule has 1 unspecified atom stereocenters. The van der Waals surface area contributed by atoms with Gasteiger partial charge in [-0.1, -0.05) is 0 Å². The van der Waals surface area contributed by atoms with Gasteiger partial charge < -0.3 is 15.5 Å². The number of nitrogens with one attached hydrogen (secondary N) is 1. The van der Waals surface area contributed by atoms with Crippen LogP contribution in [-0.4, -0.2) is 50.1 Å². The number of anilines is 1. The number of nitrogens with two attached hydrogens (primary N) is 1. The summed E-state index contributed by atoms with van der Waals surface area (Å²) < 4.78 is 11.0. The van der Waals surface area contributed by atoms with Crippen molar-refractivity contribution in [1.82, 2.24) is 19.7 Å². The molecule has 4 N–H and O–H groups in total. The molecule has 2 rings (SSSR count). The van der Waals surface area contributed by atoms with E-state index in [1.807, 2.05) is 0 Å². The smallest absolute Gasteiger partial charge is 0.398 e. The SMILES string of the molecule is CCOC(OCCOn1cnc2c(=O)[nH]c(N)nc21)=[P+]([O-])O. The number of rotatable bonds is 7. The van der Waals surface area contributed by atoms with Crippen LogP contribution in [0.1, 0.15) is 6.92 Å². The van der Waals surface area contributed by atoms with Gasteiger partial charge in [-0.05, 0) is 6.92 Å². The van der Waals surface area contributed by atoms with Crippen molar-refractivity contribution in [2.24, 2.45) is 0 Å². The number of ether oxygens (including phenoxy) is 2. The Kier molecular flexibility index (Phi) is 5.41. The number of imidazole rings is 1. The molecule has 0 radical (unpaired) electrons. The van der Waals surface area contributed by atoms with Gasteiger partial charge in [-0.15, -0.1) is 0 Å². The molecule has 2 heterocycles. The van der Waals surface area contributed by atoms with Gasteiger partial charge in [0.25, 0.3) is 13.6 Å². The summed E-state index contributed by atoms with van der Waals surface area (Å²) in [6.45, 7) is 1.81. The van der Waals surface area contributed by atoms with Crippen molar-refractivity contribution >= 4 is 30.8 Å². The van der Waals surface area contributed by atoms with E-state index in [-0.39, 0.29) is 42.6 Å². The molecule has 0 aromatic carbocycles. The number of hydrogen-bond donors (Lipinski definition) is 3. The molecule has 2 aromatic rings. The molecule has 1 atom stereocenters. The average molecular weight is 331 g/mol. The zero-order valence-corrected chi connectivity index (χ0v) is 12.4. The van der Waals surface area contributed by atoms with Crippen LogP contribution >= 0.6 is 8.00 Å². The molecule has 22 heavy (non-hydrogen) atoms. The number of fused-ring (bicyclic) bond motifs is 1. The number of H-pyrrole nitrogens is 1. The summed E-state index contributed by atoms with van der Waals surface area (Å²) in [5.74, 6) is -0.0663. The fourth-order valence-electron chi connectivity index (χ4n) is 1.54. The molecule has 0 saturated carbocycles. The van der Waals surface area contributed by atoms with Crippen molar-refractivity contribution in [3.8, 4) is 0 Å². The number of aromatic nitrogens is 4. The van der Waals surface area contributed by atoms with Crippen molar-refractivity contribution in [3.63, 3.8) is 0 Å². The van der Waals surface area contributed by atoms with Crippen LogP contribution in [0, 0.1) is 0 Å². The van der Waals surface area contributed by atoms with Gasteiger partial charge in [-0.25, -0.2) is 4.98 Å². The first-order chi connectivity index (χ1) is 10.5. The quantitative estimate of drug-likeness (QED) is 0.382. The highest BCUT2D eigenvalue weighted by atomic mass is 31.1. The Labute approximate surface area is 124 Å². The Morgan fingerprint density at radius 2 is 2.32 bits per heavy atom. The molecular weight excluding hydrogens is 317 g/mol. The summed E-state index contributed by atoms with van der Waals surface area (Å²) in [5.41, 5.74) is 4.83. The van der Waals surface area contributed by atoms with E-state index in [2.05, 4.69) is 15.0 Å². The topological polar surface area (TPSA) is 161 Å². The minimum Gasteiger partial charge on any atom is -0.599 e. The highest BCUT2D eigenvalue weighted by molar-refractivity contribution is 7.44. The standard InChI is InChI=1S/C10H14N5O6P/c1-2-19-10(22(17)18)20-3-4-21-15-5-12-6-7(15)13-9(11)14-8(6)16/h5H,2-4H2,1H3,(H,17,18)(H3,11,13,14,16). The number of hydrogen-bond acceptors (Lipinski definition) is 9. The maximum Gasteiger partial charge on any atom is 0.398 e. The second kappa shape index (κ2) is 7.29. The van der Waals surface area contributed by atoms with Gasteiger partial charge in [0.2, 0.25) is 11.6 Å². The van der Waals surface area contributed by atoms with Crippen molar-refractivity contribution in [2.45, 2.75) is 6.92 Å². The van der Waals surface area contributed by atoms with Crippen LogP contribution < -0.4 is 21.0 Å². The lowest BCUT2D eigenvalue weighted by molar-refractivity contribution is -0.169. The molecule has 0 saturated heterocycles. The third-order valence-electron chi connectivity index (χ3n) is 2.36. The van der Waals surface area contributed by atoms with Gasteiger partial charge in [0.1, 0.15) is 12.9 Å². The second-order valence-corrected chi connectivity index (χ2v) is 4.76. The van der Waals surface area contributed by atoms with E-state index in [0.29, 0.717) is 0 Å². The minimum atomic E-state index is -2.70. The highest BCUT2D eigenvalue weighted by Gasteiger charge is 2.12. The van der Waals surface area contributed by atoms with Crippen LogP contribution in [0.2, 0.25) is 0 Å². The predicted molar refractivity (Wildman–Crippen MR) is 75.7 cm³/mol. The van der Waals surface area contributed by atoms with Crippen molar-refractivity contribution < 1.29 is 24.1 Å². The Morgan fingerprint density at radius 3 is 3.00 bits per heavy atom. The molecule has 0 fully saturated rings. The molecule has 0 bridgehead atoms. The average Bonchev–Trinajstić information content (AvgIpc) is 2.85. The lowest BCUT2D eigenvalue weighted by atomic mass is 10.5. The molecule has 120 valence electrons. The van der Waals surface area contributed by atoms with Crippen LogP contribution in [-0.2, 0) is 9.47 Å². The third kappa shape index (κ3) is 3.78. The van der Waals surface area contributed by atoms with E-state index in [4.69, 9.17) is 24.9 Å². The van der Waals surface area contributed by atoms with Crippen molar-refractivity contribution in [2.75, 3.05) is 25.6 Å². The molecule has 0 aliphatic carbocycles. The number of nitrogens with zero attached hydrogens (tertiary/aromatic N) is 3. The Hall–Kier alpha value is -2.04. The predicted octanol–water partition coefficient (Wildman–Crippen LogP) is -2.06. The Balaban J connectivity index is 1.98. The maximum atomic E-state index is 11.6. The van der Waals surface area contributed by atoms with E-state index in [1.165, 1.54) is 6.33 Å². The zero-order valence-electron chi connectivity index (χ0n) is 11.6. The van der Waals surface area contributed by atoms with Crippen molar-refractivity contribution in [3.05, 3.63) is 16.7 Å². The molecule has 0 spiro atoms. The third-order valence-corrected chi connectivity index (χ3v) is 2.93. The molecule has 2 aromatic heterocycles. The summed E-state index contributed by atoms with van der Waals surface area (Å²) >= 11 is 0. The van der Waals surface area contributed by atoms with E-state index >= 15 is 0 Å². The van der Waals surface area contributed by atoms with E-state index in [0.717, 1.165) is 4.73 Å². The van der Waals surface area contributed by atoms with Gasteiger partial charge >= 0.3 is 5.67 Å². The van der Waals surface area contributed by atoms with Gasteiger partial charge in [0.15, 0.2) is 5.52 Å². The lowest BCUT2D eigenvalue weighted by Gasteiger charge is -2.07. The van der Waals surface area contributed by atoms with Crippen LogP contribution in [0.3, 0.4) is 0 Å². The summed E-state index contributed by atoms with van der Waals surface area (Å²) in [6.07, 6.45) is 1.26. The van der Waals surface area contributed by atoms with Crippen LogP contribution in [0.4, 0.5) is 5.95 Å². The number of nitrogen functional groups attached to an aromatic ring is 1. The minimum absolute atomic E-state index is 0.000405. The Bertz CT molecular complexity index is 737. The summed E-state index contributed by atoms with van der Waals surface area (Å²) in [5, 5.41) is 0. The second-order valence-electron chi connectivity index (χ2n) is 3.85. The van der Waals surface area contributed by atoms with E-state index < -0.39 is 13.6 Å². The van der Waals surface area contributed by atoms with Crippen LogP contribution in [0.15, 0.2) is 11.1 Å². The molecular formula is C10H14N5O6P. The molecule has 0 aliphatic rings. The van der Waals surface area contributed by atoms with Gasteiger partial charge in [0, 0.05) is 0 Å². The first-order valence-corrected chi connectivity index (χ1v) is 7.39. The molecule has 11 nitrogen and oxygen atoms in total. The zero-order chi connectivity index (χ0) is 16.1. The molecule has 0 aliphatic heterocycles. The van der Waals surface area contributed by atoms with Crippen LogP contribution in [0.25, 0.3) is 11.2 Å². The van der Waals surface area contributed by atoms with Gasteiger partial charge in [0.05, 0.1) is 13.2 Å². The Morgan fingerprint density at radius 1 is 1.55 bits per heavy atom. The highest BCUT2D eigenvalue weighted by Crippen LogP contribution is 2.08. The fraction of sp³-hybridized carbons (Fsp3) is 0.400.